The maximum absolute atomic E-state index is 11.2. The summed E-state index contributed by atoms with van der Waals surface area (Å²) in [5.41, 5.74) is 7.42. The molecule has 0 radical (unpaired) electrons. The van der Waals surface area contributed by atoms with Gasteiger partial charge in [-0.1, -0.05) is 18.2 Å². The van der Waals surface area contributed by atoms with Crippen LogP contribution in [0.15, 0.2) is 42.5 Å². The number of anilines is 1. The molecule has 0 saturated carbocycles. The van der Waals surface area contributed by atoms with Crippen molar-refractivity contribution in [2.45, 2.75) is 6.92 Å². The van der Waals surface area contributed by atoms with Gasteiger partial charge >= 0.3 is 5.97 Å². The molecular weight excluding hydrogens is 226 g/mol. The van der Waals surface area contributed by atoms with Gasteiger partial charge in [-0.05, 0) is 47.5 Å². The van der Waals surface area contributed by atoms with Gasteiger partial charge in [-0.2, -0.15) is 0 Å². The summed E-state index contributed by atoms with van der Waals surface area (Å²) in [5.74, 6) is -0.324. The molecule has 18 heavy (non-hydrogen) atoms. The van der Waals surface area contributed by atoms with Gasteiger partial charge in [0.15, 0.2) is 0 Å². The Bertz CT molecular complexity index is 602. The van der Waals surface area contributed by atoms with Crippen LogP contribution >= 0.6 is 0 Å². The first-order valence-electron chi connectivity index (χ1n) is 5.83. The molecule has 3 heteroatoms. The zero-order chi connectivity index (χ0) is 13.0. The van der Waals surface area contributed by atoms with Gasteiger partial charge in [0.05, 0.1) is 6.61 Å². The Kier molecular flexibility index (Phi) is 3.63. The monoisotopic (exact) mass is 241 g/mol. The first kappa shape index (κ1) is 12.2. The predicted molar refractivity (Wildman–Crippen MR) is 74.0 cm³/mol. The van der Waals surface area contributed by atoms with Crippen molar-refractivity contribution >= 4 is 28.5 Å². The minimum atomic E-state index is -0.324. The molecule has 0 aromatic heterocycles. The topological polar surface area (TPSA) is 52.3 Å². The molecule has 0 amide bonds. The Hall–Kier alpha value is -2.29. The Morgan fingerprint density at radius 2 is 1.94 bits per heavy atom. The van der Waals surface area contributed by atoms with Crippen molar-refractivity contribution in [3.05, 3.63) is 48.0 Å². The number of fused-ring (bicyclic) bond motifs is 1. The van der Waals surface area contributed by atoms with Gasteiger partial charge in [0.25, 0.3) is 0 Å². The van der Waals surface area contributed by atoms with E-state index in [9.17, 15) is 4.79 Å². The third-order valence-corrected chi connectivity index (χ3v) is 2.59. The van der Waals surface area contributed by atoms with Crippen molar-refractivity contribution < 1.29 is 9.53 Å². The summed E-state index contributed by atoms with van der Waals surface area (Å²) in [6.45, 7) is 2.17. The van der Waals surface area contributed by atoms with Gasteiger partial charge in [-0.25, -0.2) is 4.79 Å². The number of hydrogen-bond acceptors (Lipinski definition) is 3. The third kappa shape index (κ3) is 2.88. The lowest BCUT2D eigenvalue weighted by Crippen LogP contribution is -1.98. The Balaban J connectivity index is 2.25. The molecule has 0 bridgehead atoms. The van der Waals surface area contributed by atoms with Crippen molar-refractivity contribution in [3.8, 4) is 0 Å². The summed E-state index contributed by atoms with van der Waals surface area (Å²) in [6, 6.07) is 11.7. The van der Waals surface area contributed by atoms with Gasteiger partial charge in [0, 0.05) is 11.8 Å². The van der Waals surface area contributed by atoms with Crippen molar-refractivity contribution in [2.24, 2.45) is 0 Å². The van der Waals surface area contributed by atoms with E-state index in [1.165, 1.54) is 6.08 Å². The van der Waals surface area contributed by atoms with E-state index in [1.54, 1.807) is 13.0 Å². The molecule has 2 rings (SSSR count). The third-order valence-electron chi connectivity index (χ3n) is 2.59. The Labute approximate surface area is 106 Å². The number of nitrogen functional groups attached to an aromatic ring is 1. The molecule has 2 aromatic carbocycles. The molecule has 0 atom stereocenters. The highest BCUT2D eigenvalue weighted by atomic mass is 16.5. The largest absolute Gasteiger partial charge is 0.463 e. The van der Waals surface area contributed by atoms with Crippen LogP contribution in [-0.4, -0.2) is 12.6 Å². The molecule has 2 N–H and O–H groups in total. The Morgan fingerprint density at radius 1 is 1.22 bits per heavy atom. The molecule has 0 spiro atoms. The number of rotatable bonds is 3. The number of hydrogen-bond donors (Lipinski definition) is 1. The van der Waals surface area contributed by atoms with Crippen LogP contribution in [0.4, 0.5) is 5.69 Å². The van der Waals surface area contributed by atoms with Crippen LogP contribution in [0.2, 0.25) is 0 Å². The van der Waals surface area contributed by atoms with Crippen LogP contribution in [0.5, 0.6) is 0 Å². The quantitative estimate of drug-likeness (QED) is 0.510. The van der Waals surface area contributed by atoms with Gasteiger partial charge < -0.3 is 10.5 Å². The highest BCUT2D eigenvalue weighted by molar-refractivity contribution is 5.90. The maximum Gasteiger partial charge on any atom is 0.330 e. The molecule has 0 aliphatic rings. The molecule has 0 fully saturated rings. The fourth-order valence-electron chi connectivity index (χ4n) is 1.74. The minimum absolute atomic E-state index is 0.324. The van der Waals surface area contributed by atoms with Crippen LogP contribution in [0.25, 0.3) is 16.8 Å². The lowest BCUT2D eigenvalue weighted by atomic mass is 10.1. The highest BCUT2D eigenvalue weighted by Gasteiger charge is 1.97. The number of carbonyl (C=O) groups is 1. The van der Waals surface area contributed by atoms with E-state index in [2.05, 4.69) is 0 Å². The summed E-state index contributed by atoms with van der Waals surface area (Å²) in [4.78, 5) is 11.2. The van der Waals surface area contributed by atoms with Crippen molar-refractivity contribution in [2.75, 3.05) is 12.3 Å². The zero-order valence-corrected chi connectivity index (χ0v) is 10.2. The molecule has 3 nitrogen and oxygen atoms in total. The first-order chi connectivity index (χ1) is 8.69. The van der Waals surface area contributed by atoms with E-state index < -0.39 is 0 Å². The second-order valence-electron chi connectivity index (χ2n) is 3.95. The van der Waals surface area contributed by atoms with E-state index in [0.717, 1.165) is 22.0 Å². The number of carbonyl (C=O) groups excluding carboxylic acids is 1. The van der Waals surface area contributed by atoms with E-state index in [-0.39, 0.29) is 5.97 Å². The summed E-state index contributed by atoms with van der Waals surface area (Å²) in [7, 11) is 0. The van der Waals surface area contributed by atoms with Gasteiger partial charge in [0.1, 0.15) is 0 Å². The number of esters is 1. The summed E-state index contributed by atoms with van der Waals surface area (Å²) >= 11 is 0. The molecule has 0 heterocycles. The van der Waals surface area contributed by atoms with Gasteiger partial charge in [-0.3, -0.25) is 0 Å². The minimum Gasteiger partial charge on any atom is -0.463 e. The second-order valence-corrected chi connectivity index (χ2v) is 3.95. The maximum atomic E-state index is 11.2. The standard InChI is InChI=1S/C15H15NO2/c1-2-18-15(17)8-4-11-3-5-13-10-14(16)7-6-12(13)9-11/h3-10H,2,16H2,1H3. The van der Waals surface area contributed by atoms with Gasteiger partial charge in [0.2, 0.25) is 0 Å². The first-order valence-corrected chi connectivity index (χ1v) is 5.83. The Morgan fingerprint density at radius 3 is 2.72 bits per heavy atom. The van der Waals surface area contributed by atoms with Crippen LogP contribution < -0.4 is 5.73 Å². The van der Waals surface area contributed by atoms with Crippen LogP contribution in [-0.2, 0) is 9.53 Å². The van der Waals surface area contributed by atoms with Gasteiger partial charge in [-0.15, -0.1) is 0 Å². The van der Waals surface area contributed by atoms with E-state index in [1.807, 2.05) is 36.4 Å². The summed E-state index contributed by atoms with van der Waals surface area (Å²) in [6.07, 6.45) is 3.18. The molecular formula is C15H15NO2. The number of nitrogens with two attached hydrogens (primary N) is 1. The molecule has 0 aliphatic carbocycles. The normalized spacial score (nSPS) is 10.9. The smallest absolute Gasteiger partial charge is 0.330 e. The highest BCUT2D eigenvalue weighted by Crippen LogP contribution is 2.19. The lowest BCUT2D eigenvalue weighted by molar-refractivity contribution is -0.137. The average molecular weight is 241 g/mol. The van der Waals surface area contributed by atoms with Crippen molar-refractivity contribution in [3.63, 3.8) is 0 Å². The van der Waals surface area contributed by atoms with E-state index >= 15 is 0 Å². The van der Waals surface area contributed by atoms with Crippen LogP contribution in [0, 0.1) is 0 Å². The van der Waals surface area contributed by atoms with Crippen molar-refractivity contribution in [1.82, 2.24) is 0 Å². The molecule has 0 saturated heterocycles. The fraction of sp³-hybridized carbons (Fsp3) is 0.133. The number of benzene rings is 2. The second kappa shape index (κ2) is 5.36. The van der Waals surface area contributed by atoms with E-state index in [0.29, 0.717) is 6.61 Å². The predicted octanol–water partition coefficient (Wildman–Crippen LogP) is 3.00. The molecule has 92 valence electrons. The summed E-state index contributed by atoms with van der Waals surface area (Å²) in [5, 5.41) is 2.18. The summed E-state index contributed by atoms with van der Waals surface area (Å²) < 4.78 is 4.82. The lowest BCUT2D eigenvalue weighted by Gasteiger charge is -2.01. The van der Waals surface area contributed by atoms with Crippen LogP contribution in [0.1, 0.15) is 12.5 Å². The van der Waals surface area contributed by atoms with Crippen molar-refractivity contribution in [1.29, 1.82) is 0 Å². The fourth-order valence-corrected chi connectivity index (χ4v) is 1.74. The zero-order valence-electron chi connectivity index (χ0n) is 10.2. The number of ether oxygens (including phenoxy) is 1. The average Bonchev–Trinajstić information content (AvgIpc) is 2.36. The van der Waals surface area contributed by atoms with Crippen LogP contribution in [0.3, 0.4) is 0 Å². The molecule has 0 aliphatic heterocycles. The molecule has 0 unspecified atom stereocenters. The molecule has 2 aromatic rings. The van der Waals surface area contributed by atoms with E-state index in [4.69, 9.17) is 10.5 Å². The SMILES string of the molecule is CCOC(=O)C=Cc1ccc2cc(N)ccc2c1.